The molecule has 0 aliphatic carbocycles. The monoisotopic (exact) mass is 505 g/mol. The molecule has 3 rings (SSSR count). The predicted octanol–water partition coefficient (Wildman–Crippen LogP) is 4.26. The van der Waals surface area contributed by atoms with Crippen molar-refractivity contribution in [2.45, 2.75) is 46.3 Å². The second-order valence-corrected chi connectivity index (χ2v) is 9.21. The Bertz CT molecular complexity index is 1260. The number of pyridine rings is 1. The third-order valence-corrected chi connectivity index (χ3v) is 5.23. The molecule has 194 valence electrons. The zero-order valence-electron chi connectivity index (χ0n) is 21.6. The van der Waals surface area contributed by atoms with Gasteiger partial charge < -0.3 is 14.8 Å². The number of aryl methyl sites for hydroxylation is 1. The molecule has 1 aromatic carbocycles. The summed E-state index contributed by atoms with van der Waals surface area (Å²) in [5, 5.41) is 2.72. The van der Waals surface area contributed by atoms with Crippen molar-refractivity contribution in [3.63, 3.8) is 0 Å². The molecule has 0 saturated carbocycles. The van der Waals surface area contributed by atoms with Crippen LogP contribution in [0.25, 0.3) is 11.1 Å². The van der Waals surface area contributed by atoms with Crippen LogP contribution in [-0.2, 0) is 27.2 Å². The third kappa shape index (κ3) is 7.57. The van der Waals surface area contributed by atoms with E-state index >= 15 is 0 Å². The SMILES string of the molecule is CCc1ccccc1-c1cnc(C(=O)OC)c(NC(=O)CN(Cc2ccncn2)C(=O)OC(C)(C)C)c1. The van der Waals surface area contributed by atoms with Crippen LogP contribution < -0.4 is 5.32 Å². The number of esters is 1. The molecular weight excluding hydrogens is 474 g/mol. The van der Waals surface area contributed by atoms with Crippen molar-refractivity contribution in [2.75, 3.05) is 19.0 Å². The molecule has 3 aromatic rings. The zero-order valence-corrected chi connectivity index (χ0v) is 21.6. The number of nitrogens with one attached hydrogen (secondary N) is 1. The first-order valence-electron chi connectivity index (χ1n) is 11.8. The van der Waals surface area contributed by atoms with Crippen molar-refractivity contribution in [2.24, 2.45) is 0 Å². The van der Waals surface area contributed by atoms with Crippen LogP contribution in [0.3, 0.4) is 0 Å². The maximum absolute atomic E-state index is 13.1. The van der Waals surface area contributed by atoms with Gasteiger partial charge in [0.05, 0.1) is 25.0 Å². The topological polar surface area (TPSA) is 124 Å². The molecular formula is C27H31N5O5. The van der Waals surface area contributed by atoms with E-state index < -0.39 is 23.6 Å². The number of benzene rings is 1. The van der Waals surface area contributed by atoms with Gasteiger partial charge in [0.2, 0.25) is 5.91 Å². The summed E-state index contributed by atoms with van der Waals surface area (Å²) in [6.07, 6.45) is 4.58. The number of carbonyl (C=O) groups is 3. The number of amides is 2. The highest BCUT2D eigenvalue weighted by atomic mass is 16.6. The predicted molar refractivity (Wildman–Crippen MR) is 138 cm³/mol. The summed E-state index contributed by atoms with van der Waals surface area (Å²) in [6.45, 7) is 6.93. The lowest BCUT2D eigenvalue weighted by atomic mass is 9.99. The molecule has 2 heterocycles. The van der Waals surface area contributed by atoms with E-state index in [2.05, 4.69) is 20.3 Å². The number of carbonyl (C=O) groups excluding carboxylic acids is 3. The summed E-state index contributed by atoms with van der Waals surface area (Å²) in [4.78, 5) is 51.9. The fourth-order valence-electron chi connectivity index (χ4n) is 3.56. The van der Waals surface area contributed by atoms with Gasteiger partial charge in [-0.3, -0.25) is 9.69 Å². The Morgan fingerprint density at radius 1 is 1.08 bits per heavy atom. The van der Waals surface area contributed by atoms with Crippen LogP contribution in [0.5, 0.6) is 0 Å². The summed E-state index contributed by atoms with van der Waals surface area (Å²) in [5.74, 6) is -1.25. The Kier molecular flexibility index (Phi) is 8.89. The minimum absolute atomic E-state index is 0.0247. The number of rotatable bonds is 8. The highest BCUT2D eigenvalue weighted by Crippen LogP contribution is 2.28. The molecule has 0 bridgehead atoms. The van der Waals surface area contributed by atoms with E-state index in [1.807, 2.05) is 31.2 Å². The van der Waals surface area contributed by atoms with Crippen LogP contribution in [0.1, 0.15) is 49.4 Å². The van der Waals surface area contributed by atoms with Gasteiger partial charge in [-0.05, 0) is 50.5 Å². The number of hydrogen-bond acceptors (Lipinski definition) is 8. The van der Waals surface area contributed by atoms with Gasteiger partial charge in [-0.25, -0.2) is 24.5 Å². The molecule has 10 nitrogen and oxygen atoms in total. The van der Waals surface area contributed by atoms with Crippen molar-refractivity contribution in [1.82, 2.24) is 19.9 Å². The summed E-state index contributed by atoms with van der Waals surface area (Å²) in [7, 11) is 1.24. The molecule has 10 heteroatoms. The van der Waals surface area contributed by atoms with E-state index in [1.54, 1.807) is 45.3 Å². The molecule has 0 spiro atoms. The van der Waals surface area contributed by atoms with Crippen LogP contribution in [0.15, 0.2) is 55.1 Å². The van der Waals surface area contributed by atoms with Crippen molar-refractivity contribution in [3.05, 3.63) is 72.1 Å². The number of aromatic nitrogens is 3. The second kappa shape index (κ2) is 12.1. The zero-order chi connectivity index (χ0) is 27.0. The summed E-state index contributed by atoms with van der Waals surface area (Å²) >= 11 is 0. The molecule has 0 aliphatic rings. The van der Waals surface area contributed by atoms with Gasteiger partial charge in [0, 0.05) is 18.0 Å². The maximum atomic E-state index is 13.1. The molecule has 0 aliphatic heterocycles. The maximum Gasteiger partial charge on any atom is 0.411 e. The van der Waals surface area contributed by atoms with E-state index in [4.69, 9.17) is 9.47 Å². The standard InChI is InChI=1S/C27H31N5O5/c1-6-18-9-7-8-10-21(18)19-13-22(24(29-14-19)25(34)36-5)31-23(33)16-32(26(35)37-27(2,3)4)15-20-11-12-28-17-30-20/h7-14,17H,6,15-16H2,1-5H3,(H,31,33). The van der Waals surface area contributed by atoms with Gasteiger partial charge >= 0.3 is 12.1 Å². The minimum atomic E-state index is -0.763. The normalized spacial score (nSPS) is 10.9. The minimum Gasteiger partial charge on any atom is -0.464 e. The Balaban J connectivity index is 1.90. The highest BCUT2D eigenvalue weighted by Gasteiger charge is 2.26. The van der Waals surface area contributed by atoms with Crippen LogP contribution in [0.4, 0.5) is 10.5 Å². The number of anilines is 1. The molecule has 0 unspecified atom stereocenters. The fraction of sp³-hybridized carbons (Fsp3) is 0.333. The van der Waals surface area contributed by atoms with Crippen LogP contribution >= 0.6 is 0 Å². The van der Waals surface area contributed by atoms with Crippen LogP contribution in [-0.4, -0.2) is 57.1 Å². The number of nitrogens with zero attached hydrogens (tertiary/aromatic N) is 4. The summed E-state index contributed by atoms with van der Waals surface area (Å²) in [5.41, 5.74) is 2.64. The largest absolute Gasteiger partial charge is 0.464 e. The lowest BCUT2D eigenvalue weighted by Crippen LogP contribution is -2.41. The fourth-order valence-corrected chi connectivity index (χ4v) is 3.56. The molecule has 0 fully saturated rings. The molecule has 1 N–H and O–H groups in total. The van der Waals surface area contributed by atoms with Crippen molar-refractivity contribution in [3.8, 4) is 11.1 Å². The van der Waals surface area contributed by atoms with Gasteiger partial charge in [0.1, 0.15) is 18.5 Å². The van der Waals surface area contributed by atoms with Crippen molar-refractivity contribution in [1.29, 1.82) is 0 Å². The van der Waals surface area contributed by atoms with Gasteiger partial charge in [-0.15, -0.1) is 0 Å². The van der Waals surface area contributed by atoms with Crippen molar-refractivity contribution < 1.29 is 23.9 Å². The first-order valence-corrected chi connectivity index (χ1v) is 11.8. The lowest BCUT2D eigenvalue weighted by Gasteiger charge is -2.27. The van der Waals surface area contributed by atoms with Gasteiger partial charge in [0.15, 0.2) is 5.69 Å². The van der Waals surface area contributed by atoms with Gasteiger partial charge in [-0.2, -0.15) is 0 Å². The molecule has 0 saturated heterocycles. The average molecular weight is 506 g/mol. The first kappa shape index (κ1) is 27.3. The van der Waals surface area contributed by atoms with E-state index in [9.17, 15) is 14.4 Å². The first-order chi connectivity index (χ1) is 17.6. The quantitative estimate of drug-likeness (QED) is 0.450. The molecule has 2 amide bonds. The molecule has 0 atom stereocenters. The molecule has 2 aromatic heterocycles. The Labute approximate surface area is 216 Å². The van der Waals surface area contributed by atoms with E-state index in [0.717, 1.165) is 23.1 Å². The number of ether oxygens (including phenoxy) is 2. The Hall–Kier alpha value is -4.34. The van der Waals surface area contributed by atoms with E-state index in [1.165, 1.54) is 18.3 Å². The average Bonchev–Trinajstić information content (AvgIpc) is 2.87. The molecule has 37 heavy (non-hydrogen) atoms. The Morgan fingerprint density at radius 2 is 1.84 bits per heavy atom. The smallest absolute Gasteiger partial charge is 0.411 e. The highest BCUT2D eigenvalue weighted by molar-refractivity contribution is 6.01. The van der Waals surface area contributed by atoms with Crippen LogP contribution in [0.2, 0.25) is 0 Å². The van der Waals surface area contributed by atoms with Gasteiger partial charge in [-0.1, -0.05) is 31.2 Å². The van der Waals surface area contributed by atoms with E-state index in [-0.39, 0.29) is 24.5 Å². The number of methoxy groups -OCH3 is 1. The summed E-state index contributed by atoms with van der Waals surface area (Å²) < 4.78 is 10.3. The van der Waals surface area contributed by atoms with Crippen molar-refractivity contribution >= 4 is 23.7 Å². The van der Waals surface area contributed by atoms with Crippen LogP contribution in [0, 0.1) is 0 Å². The van der Waals surface area contributed by atoms with E-state index in [0.29, 0.717) is 5.69 Å². The van der Waals surface area contributed by atoms with Gasteiger partial charge in [0.25, 0.3) is 0 Å². The Morgan fingerprint density at radius 3 is 2.49 bits per heavy atom. The lowest BCUT2D eigenvalue weighted by molar-refractivity contribution is -0.117. The molecule has 0 radical (unpaired) electrons. The third-order valence-electron chi connectivity index (χ3n) is 5.23. The number of hydrogen-bond donors (Lipinski definition) is 1. The summed E-state index contributed by atoms with van der Waals surface area (Å²) in [6, 6.07) is 11.1. The second-order valence-electron chi connectivity index (χ2n) is 9.21.